The van der Waals surface area contributed by atoms with E-state index in [0.717, 1.165) is 11.8 Å². The van der Waals surface area contributed by atoms with Gasteiger partial charge in [0, 0.05) is 12.1 Å². The van der Waals surface area contributed by atoms with Crippen LogP contribution in [0.3, 0.4) is 0 Å². The van der Waals surface area contributed by atoms with Crippen molar-refractivity contribution in [1.29, 1.82) is 0 Å². The Kier molecular flexibility index (Phi) is 7.63. The molecule has 0 bridgehead atoms. The Morgan fingerprint density at radius 3 is 2.18 bits per heavy atom. The lowest BCUT2D eigenvalue weighted by atomic mass is 10.1. The van der Waals surface area contributed by atoms with Gasteiger partial charge in [0.2, 0.25) is 10.0 Å². The topological polar surface area (TPSA) is 95.6 Å². The molecule has 7 nitrogen and oxygen atoms in total. The SMILES string of the molecule is C=CCN(c1ccc(C(=O)Nc2ccccc2C(=O)NCc2ccccc2)cc1)S(C)(=O)=O. The number of hydrogen-bond acceptors (Lipinski definition) is 4. The zero-order valence-electron chi connectivity index (χ0n) is 18.2. The molecule has 0 atom stereocenters. The molecule has 3 aromatic rings. The number of nitrogens with one attached hydrogen (secondary N) is 2. The summed E-state index contributed by atoms with van der Waals surface area (Å²) in [5.74, 6) is -0.724. The van der Waals surface area contributed by atoms with Crippen LogP contribution in [0, 0.1) is 0 Å². The zero-order valence-corrected chi connectivity index (χ0v) is 19.0. The molecule has 33 heavy (non-hydrogen) atoms. The van der Waals surface area contributed by atoms with Crippen LogP contribution in [0.1, 0.15) is 26.3 Å². The largest absolute Gasteiger partial charge is 0.348 e. The predicted molar refractivity (Wildman–Crippen MR) is 131 cm³/mol. The molecule has 8 heteroatoms. The summed E-state index contributed by atoms with van der Waals surface area (Å²) in [6.07, 6.45) is 2.60. The Morgan fingerprint density at radius 1 is 0.909 bits per heavy atom. The summed E-state index contributed by atoms with van der Waals surface area (Å²) in [6, 6.07) is 22.4. The highest BCUT2D eigenvalue weighted by molar-refractivity contribution is 7.92. The smallest absolute Gasteiger partial charge is 0.255 e. The number of amides is 2. The van der Waals surface area contributed by atoms with E-state index in [-0.39, 0.29) is 12.5 Å². The number of anilines is 2. The monoisotopic (exact) mass is 463 g/mol. The van der Waals surface area contributed by atoms with Crippen LogP contribution in [0.15, 0.2) is 91.5 Å². The molecule has 0 saturated heterocycles. The van der Waals surface area contributed by atoms with Crippen molar-refractivity contribution in [2.45, 2.75) is 6.54 Å². The molecule has 3 rings (SSSR count). The molecule has 0 heterocycles. The molecule has 0 unspecified atom stereocenters. The second-order valence-corrected chi connectivity index (χ2v) is 9.20. The number of rotatable bonds is 9. The third kappa shape index (κ3) is 6.30. The standard InChI is InChI=1S/C25H25N3O4S/c1-3-17-28(33(2,31)32)21-15-13-20(14-16-21)24(29)27-23-12-8-7-11-22(23)25(30)26-18-19-9-5-4-6-10-19/h3-16H,1,17-18H2,2H3,(H,26,30)(H,27,29). The Balaban J connectivity index is 1.73. The maximum Gasteiger partial charge on any atom is 0.255 e. The summed E-state index contributed by atoms with van der Waals surface area (Å²) < 4.78 is 25.2. The lowest BCUT2D eigenvalue weighted by molar-refractivity contribution is 0.0951. The number of hydrogen-bond donors (Lipinski definition) is 2. The first-order valence-corrected chi connectivity index (χ1v) is 12.1. The van der Waals surface area contributed by atoms with Gasteiger partial charge in [-0.1, -0.05) is 48.5 Å². The van der Waals surface area contributed by atoms with E-state index in [9.17, 15) is 18.0 Å². The van der Waals surface area contributed by atoms with E-state index >= 15 is 0 Å². The summed E-state index contributed by atoms with van der Waals surface area (Å²) in [4.78, 5) is 25.5. The number of para-hydroxylation sites is 1. The summed E-state index contributed by atoms with van der Waals surface area (Å²) in [6.45, 7) is 4.07. The second kappa shape index (κ2) is 10.6. The average molecular weight is 464 g/mol. The molecule has 0 saturated carbocycles. The van der Waals surface area contributed by atoms with Gasteiger partial charge >= 0.3 is 0 Å². The summed E-state index contributed by atoms with van der Waals surface area (Å²) in [5.41, 5.74) is 2.43. The highest BCUT2D eigenvalue weighted by Crippen LogP contribution is 2.20. The van der Waals surface area contributed by atoms with Crippen molar-refractivity contribution in [3.05, 3.63) is 108 Å². The van der Waals surface area contributed by atoms with E-state index in [4.69, 9.17) is 0 Å². The van der Waals surface area contributed by atoms with Gasteiger partial charge in [0.15, 0.2) is 0 Å². The molecule has 0 radical (unpaired) electrons. The van der Waals surface area contributed by atoms with Gasteiger partial charge in [0.25, 0.3) is 11.8 Å². The van der Waals surface area contributed by atoms with Crippen LogP contribution in [0.5, 0.6) is 0 Å². The van der Waals surface area contributed by atoms with Crippen LogP contribution in [0.4, 0.5) is 11.4 Å². The molecule has 0 spiro atoms. The minimum atomic E-state index is -3.49. The molecule has 0 aliphatic heterocycles. The third-order valence-electron chi connectivity index (χ3n) is 4.83. The molecule has 0 fully saturated rings. The van der Waals surface area contributed by atoms with Crippen LogP contribution in [-0.2, 0) is 16.6 Å². The van der Waals surface area contributed by atoms with Gasteiger partial charge in [-0.3, -0.25) is 13.9 Å². The van der Waals surface area contributed by atoms with E-state index < -0.39 is 15.9 Å². The zero-order chi connectivity index (χ0) is 23.8. The molecule has 2 amide bonds. The van der Waals surface area contributed by atoms with Gasteiger partial charge in [0.05, 0.1) is 29.7 Å². The van der Waals surface area contributed by atoms with Gasteiger partial charge in [-0.2, -0.15) is 0 Å². The van der Waals surface area contributed by atoms with Gasteiger partial charge in [-0.15, -0.1) is 6.58 Å². The van der Waals surface area contributed by atoms with Crippen molar-refractivity contribution >= 4 is 33.2 Å². The van der Waals surface area contributed by atoms with E-state index in [0.29, 0.717) is 29.0 Å². The predicted octanol–water partition coefficient (Wildman–Crippen LogP) is 3.82. The average Bonchev–Trinajstić information content (AvgIpc) is 2.81. The van der Waals surface area contributed by atoms with Crippen LogP contribution in [0.25, 0.3) is 0 Å². The van der Waals surface area contributed by atoms with Crippen LogP contribution >= 0.6 is 0 Å². The Bertz CT molecular complexity index is 1240. The first-order chi connectivity index (χ1) is 15.8. The molecular weight excluding hydrogens is 438 g/mol. The normalized spacial score (nSPS) is 10.8. The molecule has 0 aliphatic rings. The first kappa shape index (κ1) is 23.7. The summed E-state index contributed by atoms with van der Waals surface area (Å²) in [5, 5.41) is 5.62. The number of carbonyl (C=O) groups excluding carboxylic acids is 2. The summed E-state index contributed by atoms with van der Waals surface area (Å²) >= 11 is 0. The van der Waals surface area contributed by atoms with Crippen molar-refractivity contribution in [2.75, 3.05) is 22.4 Å². The molecule has 170 valence electrons. The van der Waals surface area contributed by atoms with Crippen molar-refractivity contribution in [3.63, 3.8) is 0 Å². The van der Waals surface area contributed by atoms with Crippen LogP contribution < -0.4 is 14.9 Å². The highest BCUT2D eigenvalue weighted by Gasteiger charge is 2.17. The van der Waals surface area contributed by atoms with E-state index in [1.165, 1.54) is 22.5 Å². The van der Waals surface area contributed by atoms with Crippen molar-refractivity contribution in [3.8, 4) is 0 Å². The van der Waals surface area contributed by atoms with E-state index in [1.807, 2.05) is 30.3 Å². The van der Waals surface area contributed by atoms with E-state index in [2.05, 4.69) is 17.2 Å². The van der Waals surface area contributed by atoms with Gasteiger partial charge < -0.3 is 10.6 Å². The van der Waals surface area contributed by atoms with Gasteiger partial charge in [0.1, 0.15) is 0 Å². The fourth-order valence-corrected chi connectivity index (χ4v) is 4.07. The fourth-order valence-electron chi connectivity index (χ4n) is 3.19. The van der Waals surface area contributed by atoms with E-state index in [1.54, 1.807) is 36.4 Å². The lowest BCUT2D eigenvalue weighted by Gasteiger charge is -2.20. The first-order valence-electron chi connectivity index (χ1n) is 10.2. The van der Waals surface area contributed by atoms with Crippen LogP contribution in [0.2, 0.25) is 0 Å². The Labute approximate surface area is 193 Å². The van der Waals surface area contributed by atoms with Crippen molar-refractivity contribution < 1.29 is 18.0 Å². The van der Waals surface area contributed by atoms with Gasteiger partial charge in [-0.05, 0) is 42.0 Å². The number of benzene rings is 3. The fraction of sp³-hybridized carbons (Fsp3) is 0.120. The van der Waals surface area contributed by atoms with Crippen molar-refractivity contribution in [1.82, 2.24) is 5.32 Å². The maximum absolute atomic E-state index is 12.8. The second-order valence-electron chi connectivity index (χ2n) is 7.30. The maximum atomic E-state index is 12.8. The van der Waals surface area contributed by atoms with Gasteiger partial charge in [-0.25, -0.2) is 8.42 Å². The molecule has 0 aromatic heterocycles. The highest BCUT2D eigenvalue weighted by atomic mass is 32.2. The number of carbonyl (C=O) groups is 2. The molecular formula is C25H25N3O4S. The van der Waals surface area contributed by atoms with Crippen LogP contribution in [-0.4, -0.2) is 33.0 Å². The molecule has 2 N–H and O–H groups in total. The Morgan fingerprint density at radius 2 is 1.55 bits per heavy atom. The third-order valence-corrected chi connectivity index (χ3v) is 5.99. The molecule has 3 aromatic carbocycles. The summed E-state index contributed by atoms with van der Waals surface area (Å²) in [7, 11) is -3.49. The quantitative estimate of drug-likeness (QED) is 0.472. The number of nitrogens with zero attached hydrogens (tertiary/aromatic N) is 1. The molecule has 0 aliphatic carbocycles. The Hall–Kier alpha value is -3.91. The lowest BCUT2D eigenvalue weighted by Crippen LogP contribution is -2.29. The minimum Gasteiger partial charge on any atom is -0.348 e. The van der Waals surface area contributed by atoms with Crippen molar-refractivity contribution in [2.24, 2.45) is 0 Å². The minimum absolute atomic E-state index is 0.121. The number of sulfonamides is 1.